The predicted molar refractivity (Wildman–Crippen MR) is 107 cm³/mol. The van der Waals surface area contributed by atoms with Crippen molar-refractivity contribution in [3.05, 3.63) is 75.9 Å². The van der Waals surface area contributed by atoms with E-state index >= 15 is 0 Å². The van der Waals surface area contributed by atoms with Gasteiger partial charge in [-0.25, -0.2) is 4.79 Å². The Hall–Kier alpha value is -2.61. The van der Waals surface area contributed by atoms with Gasteiger partial charge in [0.25, 0.3) is 0 Å². The van der Waals surface area contributed by atoms with Crippen LogP contribution in [0.4, 0.5) is 10.5 Å². The third kappa shape index (κ3) is 5.69. The number of urea groups is 1. The lowest BCUT2D eigenvalue weighted by Gasteiger charge is -2.16. The molecular weight excluding hydrogens is 403 g/mol. The van der Waals surface area contributed by atoms with E-state index in [0.29, 0.717) is 33.9 Å². The maximum atomic E-state index is 12.5. The summed E-state index contributed by atoms with van der Waals surface area (Å²) in [6, 6.07) is 13.1. The number of carbonyl (C=O) groups excluding carboxylic acids is 1. The normalized spacial score (nSPS) is 11.8. The molecule has 0 fully saturated rings. The fourth-order valence-electron chi connectivity index (χ4n) is 2.53. The van der Waals surface area contributed by atoms with Crippen molar-refractivity contribution < 1.29 is 14.4 Å². The molecule has 3 rings (SSSR count). The first-order valence-corrected chi connectivity index (χ1v) is 9.30. The van der Waals surface area contributed by atoms with E-state index in [9.17, 15) is 4.79 Å². The number of rotatable bonds is 7. The van der Waals surface area contributed by atoms with E-state index in [1.54, 1.807) is 36.4 Å². The van der Waals surface area contributed by atoms with Gasteiger partial charge in [0.2, 0.25) is 5.89 Å². The minimum Gasteiger partial charge on any atom is -0.396 e. The average Bonchev–Trinajstić information content (AvgIpc) is 3.14. The lowest BCUT2D eigenvalue weighted by atomic mass is 10.1. The van der Waals surface area contributed by atoms with Gasteiger partial charge in [-0.2, -0.15) is 4.98 Å². The summed E-state index contributed by atoms with van der Waals surface area (Å²) in [4.78, 5) is 16.7. The van der Waals surface area contributed by atoms with Crippen molar-refractivity contribution in [3.63, 3.8) is 0 Å². The van der Waals surface area contributed by atoms with Crippen molar-refractivity contribution in [2.45, 2.75) is 18.9 Å². The molecule has 0 aliphatic heterocycles. The van der Waals surface area contributed by atoms with Gasteiger partial charge in [0, 0.05) is 22.2 Å². The Balaban J connectivity index is 1.75. The van der Waals surface area contributed by atoms with E-state index in [4.69, 9.17) is 32.8 Å². The molecule has 28 heavy (non-hydrogen) atoms. The van der Waals surface area contributed by atoms with Crippen LogP contribution in [0.25, 0.3) is 0 Å². The molecule has 3 N–H and O–H groups in total. The van der Waals surface area contributed by atoms with Gasteiger partial charge in [0.1, 0.15) is 0 Å². The highest BCUT2D eigenvalue weighted by molar-refractivity contribution is 6.30. The Morgan fingerprint density at radius 2 is 1.71 bits per heavy atom. The van der Waals surface area contributed by atoms with Crippen LogP contribution >= 0.6 is 23.2 Å². The Labute approximate surface area is 171 Å². The predicted octanol–water partition coefficient (Wildman–Crippen LogP) is 4.02. The molecule has 0 saturated heterocycles. The molecule has 0 aliphatic rings. The highest BCUT2D eigenvalue weighted by Gasteiger charge is 2.21. The largest absolute Gasteiger partial charge is 0.396 e. The van der Waals surface area contributed by atoms with E-state index in [-0.39, 0.29) is 13.0 Å². The van der Waals surface area contributed by atoms with Gasteiger partial charge < -0.3 is 20.3 Å². The van der Waals surface area contributed by atoms with Crippen molar-refractivity contribution in [2.24, 2.45) is 0 Å². The van der Waals surface area contributed by atoms with E-state index in [1.165, 1.54) is 0 Å². The maximum Gasteiger partial charge on any atom is 0.319 e. The summed E-state index contributed by atoms with van der Waals surface area (Å²) in [6.07, 6.45) is 0.681. The fourth-order valence-corrected chi connectivity index (χ4v) is 2.78. The van der Waals surface area contributed by atoms with Crippen LogP contribution in [0.3, 0.4) is 0 Å². The molecule has 9 heteroatoms. The Morgan fingerprint density at radius 3 is 2.36 bits per heavy atom. The second-order valence-electron chi connectivity index (χ2n) is 6.01. The van der Waals surface area contributed by atoms with Gasteiger partial charge in [-0.15, -0.1) is 0 Å². The molecule has 2 aromatic carbocycles. The van der Waals surface area contributed by atoms with Crippen LogP contribution in [0.5, 0.6) is 0 Å². The maximum absolute atomic E-state index is 12.5. The number of carbonyl (C=O) groups is 1. The third-order valence-electron chi connectivity index (χ3n) is 3.88. The SMILES string of the molecule is O=C(Nc1ccc(Cl)cc1)NC(Cc1ccc(Cl)cc1)c1noc(CCO)n1. The lowest BCUT2D eigenvalue weighted by Crippen LogP contribution is -2.34. The molecule has 0 radical (unpaired) electrons. The number of halogens is 2. The summed E-state index contributed by atoms with van der Waals surface area (Å²) < 4.78 is 5.13. The van der Waals surface area contributed by atoms with E-state index in [0.717, 1.165) is 5.56 Å². The van der Waals surface area contributed by atoms with Crippen LogP contribution in [0.2, 0.25) is 10.0 Å². The molecular formula is C19H18Cl2N4O3. The van der Waals surface area contributed by atoms with Gasteiger partial charge >= 0.3 is 6.03 Å². The molecule has 1 aromatic heterocycles. The number of aliphatic hydroxyl groups excluding tert-OH is 1. The molecule has 0 spiro atoms. The second kappa shape index (κ2) is 9.54. The number of hydrogen-bond donors (Lipinski definition) is 3. The number of anilines is 1. The molecule has 2 amide bonds. The Morgan fingerprint density at radius 1 is 1.07 bits per heavy atom. The highest BCUT2D eigenvalue weighted by atomic mass is 35.5. The zero-order chi connectivity index (χ0) is 19.9. The van der Waals surface area contributed by atoms with Crippen LogP contribution in [0.15, 0.2) is 53.1 Å². The summed E-state index contributed by atoms with van der Waals surface area (Å²) in [5.74, 6) is 0.628. The van der Waals surface area contributed by atoms with Gasteiger partial charge in [-0.05, 0) is 42.0 Å². The number of aromatic nitrogens is 2. The van der Waals surface area contributed by atoms with E-state index < -0.39 is 12.1 Å². The zero-order valence-corrected chi connectivity index (χ0v) is 16.2. The molecule has 0 bridgehead atoms. The van der Waals surface area contributed by atoms with Crippen molar-refractivity contribution in [2.75, 3.05) is 11.9 Å². The van der Waals surface area contributed by atoms with Crippen LogP contribution in [0.1, 0.15) is 23.3 Å². The van der Waals surface area contributed by atoms with E-state index in [1.807, 2.05) is 12.1 Å². The zero-order valence-electron chi connectivity index (χ0n) is 14.7. The van der Waals surface area contributed by atoms with Crippen molar-refractivity contribution >= 4 is 34.9 Å². The second-order valence-corrected chi connectivity index (χ2v) is 6.88. The first kappa shape index (κ1) is 20.1. The molecule has 146 valence electrons. The standard InChI is InChI=1S/C19H18Cl2N4O3/c20-13-3-1-12(2-4-13)11-16(18-24-17(9-10-26)28-25-18)23-19(27)22-15-7-5-14(21)6-8-15/h1-8,16,26H,9-11H2,(H2,22,23,27). The Bertz CT molecular complexity index is 914. The monoisotopic (exact) mass is 420 g/mol. The topological polar surface area (TPSA) is 100 Å². The number of amides is 2. The minimum atomic E-state index is -0.537. The van der Waals surface area contributed by atoms with Crippen LogP contribution in [-0.2, 0) is 12.8 Å². The number of benzene rings is 2. The summed E-state index contributed by atoms with van der Waals surface area (Å²) in [5, 5.41) is 19.8. The van der Waals surface area contributed by atoms with Crippen molar-refractivity contribution in [3.8, 4) is 0 Å². The van der Waals surface area contributed by atoms with Crippen molar-refractivity contribution in [1.29, 1.82) is 0 Å². The first-order chi connectivity index (χ1) is 13.5. The molecule has 7 nitrogen and oxygen atoms in total. The smallest absolute Gasteiger partial charge is 0.319 e. The number of nitrogens with zero attached hydrogens (tertiary/aromatic N) is 2. The van der Waals surface area contributed by atoms with Crippen LogP contribution < -0.4 is 10.6 Å². The number of hydrogen-bond acceptors (Lipinski definition) is 5. The van der Waals surface area contributed by atoms with Gasteiger partial charge in [0.05, 0.1) is 19.1 Å². The summed E-state index contributed by atoms with van der Waals surface area (Å²) >= 11 is 11.8. The van der Waals surface area contributed by atoms with Crippen LogP contribution in [-0.4, -0.2) is 27.9 Å². The van der Waals surface area contributed by atoms with Gasteiger partial charge in [-0.1, -0.05) is 40.5 Å². The van der Waals surface area contributed by atoms with Crippen molar-refractivity contribution in [1.82, 2.24) is 15.5 Å². The number of aliphatic hydroxyl groups is 1. The molecule has 0 saturated carbocycles. The van der Waals surface area contributed by atoms with Gasteiger partial charge in [-0.3, -0.25) is 0 Å². The molecule has 0 aliphatic carbocycles. The quantitative estimate of drug-likeness (QED) is 0.535. The van der Waals surface area contributed by atoms with Gasteiger partial charge in [0.15, 0.2) is 5.82 Å². The summed E-state index contributed by atoms with van der Waals surface area (Å²) in [6.45, 7) is -0.103. The summed E-state index contributed by atoms with van der Waals surface area (Å²) in [5.41, 5.74) is 1.54. The van der Waals surface area contributed by atoms with Crippen LogP contribution in [0, 0.1) is 0 Å². The molecule has 1 heterocycles. The average molecular weight is 421 g/mol. The first-order valence-electron chi connectivity index (χ1n) is 8.54. The molecule has 1 atom stereocenters. The summed E-state index contributed by atoms with van der Waals surface area (Å²) in [7, 11) is 0. The Kier molecular flexibility index (Phi) is 6.86. The molecule has 1 unspecified atom stereocenters. The number of nitrogens with one attached hydrogen (secondary N) is 2. The minimum absolute atomic E-state index is 0.103. The highest BCUT2D eigenvalue weighted by Crippen LogP contribution is 2.19. The fraction of sp³-hybridized carbons (Fsp3) is 0.211. The lowest BCUT2D eigenvalue weighted by molar-refractivity contribution is 0.247. The van der Waals surface area contributed by atoms with E-state index in [2.05, 4.69) is 20.8 Å². The third-order valence-corrected chi connectivity index (χ3v) is 4.39. The molecule has 3 aromatic rings.